The van der Waals surface area contributed by atoms with Gasteiger partial charge in [0.15, 0.2) is 0 Å². The van der Waals surface area contributed by atoms with Gasteiger partial charge in [0.05, 0.1) is 0 Å². The van der Waals surface area contributed by atoms with E-state index in [9.17, 15) is 0 Å². The van der Waals surface area contributed by atoms with Crippen LogP contribution in [0.4, 0.5) is 0 Å². The zero-order chi connectivity index (χ0) is 11.9. The first-order chi connectivity index (χ1) is 8.42. The van der Waals surface area contributed by atoms with E-state index in [1.165, 1.54) is 70.8 Å². The van der Waals surface area contributed by atoms with Crippen LogP contribution in [0.3, 0.4) is 0 Å². The van der Waals surface area contributed by atoms with Crippen LogP contribution in [0.15, 0.2) is 11.6 Å². The number of nitrogens with one attached hydrogen (secondary N) is 1. The molecule has 1 nitrogen and oxygen atoms in total. The number of hydrogen-bond donors (Lipinski definition) is 1. The van der Waals surface area contributed by atoms with Crippen molar-refractivity contribution in [1.82, 2.24) is 5.32 Å². The zero-order valence-corrected chi connectivity index (χ0v) is 11.5. The number of hydrogen-bond acceptors (Lipinski definition) is 1. The second-order valence-corrected chi connectivity index (χ2v) is 5.85. The minimum atomic E-state index is 0.718. The van der Waals surface area contributed by atoms with Gasteiger partial charge in [-0.2, -0.15) is 0 Å². The van der Waals surface area contributed by atoms with Crippen LogP contribution in [0, 0.1) is 5.92 Å². The van der Waals surface area contributed by atoms with Crippen molar-refractivity contribution in [1.29, 1.82) is 0 Å². The highest BCUT2D eigenvalue weighted by Crippen LogP contribution is 2.32. The van der Waals surface area contributed by atoms with Gasteiger partial charge in [-0.3, -0.25) is 0 Å². The van der Waals surface area contributed by atoms with Crippen LogP contribution in [0.5, 0.6) is 0 Å². The summed E-state index contributed by atoms with van der Waals surface area (Å²) in [5.41, 5.74) is 1.75. The van der Waals surface area contributed by atoms with Crippen LogP contribution in [0.2, 0.25) is 0 Å². The minimum absolute atomic E-state index is 0.718. The Morgan fingerprint density at radius 1 is 1.18 bits per heavy atom. The summed E-state index contributed by atoms with van der Waals surface area (Å²) in [5.74, 6) is 0.930. The molecule has 2 aliphatic carbocycles. The first-order valence-corrected chi connectivity index (χ1v) is 7.84. The van der Waals surface area contributed by atoms with Crippen molar-refractivity contribution in [3.05, 3.63) is 11.6 Å². The molecule has 0 bridgehead atoms. The molecule has 1 atom stereocenters. The molecule has 0 aliphatic heterocycles. The molecule has 0 radical (unpaired) electrons. The molecule has 0 aromatic heterocycles. The highest BCUT2D eigenvalue weighted by Gasteiger charge is 2.26. The summed E-state index contributed by atoms with van der Waals surface area (Å²) >= 11 is 0. The second-order valence-electron chi connectivity index (χ2n) is 5.85. The smallest absolute Gasteiger partial charge is 0.0307 e. The van der Waals surface area contributed by atoms with E-state index in [0.717, 1.165) is 12.0 Å². The Balaban J connectivity index is 1.97. The summed E-state index contributed by atoms with van der Waals surface area (Å²) in [7, 11) is 0. The lowest BCUT2D eigenvalue weighted by Crippen LogP contribution is -2.39. The molecule has 98 valence electrons. The molecule has 0 saturated heterocycles. The number of rotatable bonds is 5. The van der Waals surface area contributed by atoms with E-state index in [4.69, 9.17) is 0 Å². The minimum Gasteiger partial charge on any atom is -0.310 e. The molecule has 0 spiro atoms. The van der Waals surface area contributed by atoms with Crippen molar-refractivity contribution >= 4 is 0 Å². The molecule has 1 N–H and O–H groups in total. The Morgan fingerprint density at radius 3 is 2.65 bits per heavy atom. The Morgan fingerprint density at radius 2 is 2.00 bits per heavy atom. The van der Waals surface area contributed by atoms with Crippen LogP contribution in [-0.2, 0) is 0 Å². The average Bonchev–Trinajstić information content (AvgIpc) is 2.42. The van der Waals surface area contributed by atoms with Gasteiger partial charge in [-0.1, -0.05) is 37.8 Å². The van der Waals surface area contributed by atoms with Crippen LogP contribution < -0.4 is 5.32 Å². The van der Waals surface area contributed by atoms with Gasteiger partial charge in [-0.05, 0) is 57.4 Å². The van der Waals surface area contributed by atoms with Gasteiger partial charge in [0, 0.05) is 6.04 Å². The molecule has 1 fully saturated rings. The molecule has 0 aromatic rings. The van der Waals surface area contributed by atoms with Gasteiger partial charge < -0.3 is 5.32 Å². The molecular formula is C16H29N. The third-order valence-electron chi connectivity index (χ3n) is 4.46. The van der Waals surface area contributed by atoms with E-state index in [-0.39, 0.29) is 0 Å². The molecule has 2 aliphatic rings. The van der Waals surface area contributed by atoms with Gasteiger partial charge in [0.1, 0.15) is 0 Å². The first-order valence-electron chi connectivity index (χ1n) is 7.84. The van der Waals surface area contributed by atoms with Crippen molar-refractivity contribution in [3.63, 3.8) is 0 Å². The summed E-state index contributed by atoms with van der Waals surface area (Å²) in [6.45, 7) is 3.47. The average molecular weight is 235 g/mol. The molecule has 17 heavy (non-hydrogen) atoms. The van der Waals surface area contributed by atoms with E-state index in [2.05, 4.69) is 18.3 Å². The molecular weight excluding hydrogens is 206 g/mol. The molecule has 1 saturated carbocycles. The third kappa shape index (κ3) is 3.84. The molecule has 2 rings (SSSR count). The lowest BCUT2D eigenvalue weighted by molar-refractivity contribution is 0.286. The fraction of sp³-hybridized carbons (Fsp3) is 0.875. The predicted molar refractivity (Wildman–Crippen MR) is 75.2 cm³/mol. The quantitative estimate of drug-likeness (QED) is 0.695. The third-order valence-corrected chi connectivity index (χ3v) is 4.46. The van der Waals surface area contributed by atoms with Crippen LogP contribution in [0.25, 0.3) is 0 Å². The maximum atomic E-state index is 3.84. The normalized spacial score (nSPS) is 24.4. The van der Waals surface area contributed by atoms with E-state index in [1.54, 1.807) is 5.57 Å². The van der Waals surface area contributed by atoms with Crippen LogP contribution in [0.1, 0.15) is 71.1 Å². The predicted octanol–water partition coefficient (Wildman–Crippen LogP) is 4.44. The fourth-order valence-corrected chi connectivity index (χ4v) is 3.51. The van der Waals surface area contributed by atoms with Gasteiger partial charge in [0.2, 0.25) is 0 Å². The van der Waals surface area contributed by atoms with Crippen LogP contribution >= 0.6 is 0 Å². The lowest BCUT2D eigenvalue weighted by atomic mass is 9.78. The maximum Gasteiger partial charge on any atom is 0.0307 e. The van der Waals surface area contributed by atoms with Crippen molar-refractivity contribution in [2.24, 2.45) is 5.92 Å². The first kappa shape index (κ1) is 13.1. The van der Waals surface area contributed by atoms with E-state index < -0.39 is 0 Å². The Bertz CT molecular complexity index is 238. The SMILES string of the molecule is CCCNC(C1=CCCCC1)C1CCCCC1. The van der Waals surface area contributed by atoms with Gasteiger partial charge in [0.25, 0.3) is 0 Å². The Kier molecular flexibility index (Phi) is 5.57. The van der Waals surface area contributed by atoms with Crippen molar-refractivity contribution in [3.8, 4) is 0 Å². The second kappa shape index (κ2) is 7.20. The van der Waals surface area contributed by atoms with Crippen molar-refractivity contribution < 1.29 is 0 Å². The van der Waals surface area contributed by atoms with E-state index in [1.807, 2.05) is 0 Å². The molecule has 0 heterocycles. The maximum absolute atomic E-state index is 3.84. The monoisotopic (exact) mass is 235 g/mol. The Hall–Kier alpha value is -0.300. The summed E-state index contributed by atoms with van der Waals surface area (Å²) in [4.78, 5) is 0. The van der Waals surface area contributed by atoms with Gasteiger partial charge in [-0.25, -0.2) is 0 Å². The summed E-state index contributed by atoms with van der Waals surface area (Å²) < 4.78 is 0. The van der Waals surface area contributed by atoms with E-state index >= 15 is 0 Å². The van der Waals surface area contributed by atoms with Crippen molar-refractivity contribution in [2.45, 2.75) is 77.2 Å². The molecule has 1 heteroatoms. The van der Waals surface area contributed by atoms with Gasteiger partial charge >= 0.3 is 0 Å². The topological polar surface area (TPSA) is 12.0 Å². The molecule has 1 unspecified atom stereocenters. The highest BCUT2D eigenvalue weighted by atomic mass is 14.9. The Labute approximate surface area is 107 Å². The highest BCUT2D eigenvalue weighted by molar-refractivity contribution is 5.15. The number of allylic oxidation sites excluding steroid dienone is 1. The summed E-state index contributed by atoms with van der Waals surface area (Å²) in [6, 6.07) is 0.718. The van der Waals surface area contributed by atoms with Gasteiger partial charge in [-0.15, -0.1) is 0 Å². The van der Waals surface area contributed by atoms with Crippen molar-refractivity contribution in [2.75, 3.05) is 6.54 Å². The zero-order valence-electron chi connectivity index (χ0n) is 11.5. The van der Waals surface area contributed by atoms with Crippen LogP contribution in [-0.4, -0.2) is 12.6 Å². The van der Waals surface area contributed by atoms with E-state index in [0.29, 0.717) is 0 Å². The summed E-state index contributed by atoms with van der Waals surface area (Å²) in [5, 5.41) is 3.84. The summed E-state index contributed by atoms with van der Waals surface area (Å²) in [6.07, 6.45) is 16.6. The largest absolute Gasteiger partial charge is 0.310 e. The fourth-order valence-electron chi connectivity index (χ4n) is 3.51. The lowest BCUT2D eigenvalue weighted by Gasteiger charge is -2.34. The molecule has 0 aromatic carbocycles. The molecule has 0 amide bonds. The standard InChI is InChI=1S/C16H29N/c1-2-13-17-16(14-9-5-3-6-10-14)15-11-7-4-8-12-15/h9,15-17H,2-8,10-13H2,1H3.